The Bertz CT molecular complexity index is 555. The number of carbonyl (C=O) groups excluding carboxylic acids is 2. The first-order valence-electron chi connectivity index (χ1n) is 7.13. The molecule has 114 valence electrons. The lowest BCUT2D eigenvalue weighted by molar-refractivity contribution is -0.132. The van der Waals surface area contributed by atoms with E-state index in [9.17, 15) is 9.59 Å². The molecule has 6 heteroatoms. The van der Waals surface area contributed by atoms with Gasteiger partial charge in [0, 0.05) is 13.1 Å². The fraction of sp³-hybridized carbons (Fsp3) is 0.467. The van der Waals surface area contributed by atoms with Crippen LogP contribution >= 0.6 is 0 Å². The molecule has 0 spiro atoms. The van der Waals surface area contributed by atoms with Gasteiger partial charge in [-0.1, -0.05) is 6.07 Å². The standard InChI is InChI=1S/C15H21N3O3/c1-4-17(5-2)13(19)9-18-14-11(16)7-6-8-12(14)21-10(3)15(18)20/h6-8,10H,4-5,9,16H2,1-3H3. The number of hydrogen-bond acceptors (Lipinski definition) is 4. The number of ether oxygens (including phenoxy) is 1. The van der Waals surface area contributed by atoms with Gasteiger partial charge < -0.3 is 15.4 Å². The zero-order valence-corrected chi connectivity index (χ0v) is 12.6. The minimum absolute atomic E-state index is 0.0184. The lowest BCUT2D eigenvalue weighted by atomic mass is 10.1. The molecule has 1 aliphatic rings. The normalized spacial score (nSPS) is 17.2. The second kappa shape index (κ2) is 6.03. The van der Waals surface area contributed by atoms with Gasteiger partial charge in [0.15, 0.2) is 6.10 Å². The molecule has 0 aromatic heterocycles. The molecule has 1 unspecified atom stereocenters. The summed E-state index contributed by atoms with van der Waals surface area (Å²) in [6.45, 7) is 6.70. The van der Waals surface area contributed by atoms with Gasteiger partial charge in [-0.25, -0.2) is 0 Å². The number of nitrogens with zero attached hydrogens (tertiary/aromatic N) is 2. The summed E-state index contributed by atoms with van der Waals surface area (Å²) in [4.78, 5) is 27.8. The van der Waals surface area contributed by atoms with E-state index in [1.165, 1.54) is 4.90 Å². The average Bonchev–Trinajstić information content (AvgIpc) is 2.45. The lowest BCUT2D eigenvalue weighted by Crippen LogP contribution is -2.49. The number of hydrogen-bond donors (Lipinski definition) is 1. The fourth-order valence-electron chi connectivity index (χ4n) is 2.46. The van der Waals surface area contributed by atoms with Crippen molar-refractivity contribution in [2.24, 2.45) is 0 Å². The highest BCUT2D eigenvalue weighted by atomic mass is 16.5. The van der Waals surface area contributed by atoms with Crippen LogP contribution in [-0.4, -0.2) is 42.5 Å². The van der Waals surface area contributed by atoms with Crippen LogP contribution in [0.1, 0.15) is 20.8 Å². The van der Waals surface area contributed by atoms with Crippen molar-refractivity contribution in [2.75, 3.05) is 30.3 Å². The molecule has 6 nitrogen and oxygen atoms in total. The van der Waals surface area contributed by atoms with Gasteiger partial charge in [-0.05, 0) is 32.9 Å². The minimum atomic E-state index is -0.621. The van der Waals surface area contributed by atoms with Crippen LogP contribution in [0, 0.1) is 0 Å². The second-order valence-electron chi connectivity index (χ2n) is 4.94. The molecular weight excluding hydrogens is 270 g/mol. The van der Waals surface area contributed by atoms with Crippen molar-refractivity contribution in [1.82, 2.24) is 4.90 Å². The minimum Gasteiger partial charge on any atom is -0.479 e. The Balaban J connectivity index is 2.34. The molecule has 21 heavy (non-hydrogen) atoms. The van der Waals surface area contributed by atoms with E-state index >= 15 is 0 Å². The van der Waals surface area contributed by atoms with E-state index in [0.717, 1.165) is 0 Å². The van der Waals surface area contributed by atoms with E-state index in [4.69, 9.17) is 10.5 Å². The predicted molar refractivity (Wildman–Crippen MR) is 81.2 cm³/mol. The molecule has 0 fully saturated rings. The van der Waals surface area contributed by atoms with Crippen LogP contribution < -0.4 is 15.4 Å². The summed E-state index contributed by atoms with van der Waals surface area (Å²) in [6, 6.07) is 5.21. The smallest absolute Gasteiger partial charge is 0.268 e. The maximum Gasteiger partial charge on any atom is 0.268 e. The maximum atomic E-state index is 12.3. The lowest BCUT2D eigenvalue weighted by Gasteiger charge is -2.34. The quantitative estimate of drug-likeness (QED) is 0.847. The second-order valence-corrected chi connectivity index (χ2v) is 4.94. The van der Waals surface area contributed by atoms with Crippen LogP contribution in [0.15, 0.2) is 18.2 Å². The van der Waals surface area contributed by atoms with Crippen molar-refractivity contribution < 1.29 is 14.3 Å². The third kappa shape index (κ3) is 2.79. The Morgan fingerprint density at radius 3 is 2.67 bits per heavy atom. The van der Waals surface area contributed by atoms with E-state index in [1.54, 1.807) is 30.0 Å². The third-order valence-electron chi connectivity index (χ3n) is 3.63. The molecule has 2 amide bonds. The van der Waals surface area contributed by atoms with Crippen molar-refractivity contribution in [2.45, 2.75) is 26.9 Å². The van der Waals surface area contributed by atoms with Gasteiger partial charge in [-0.3, -0.25) is 14.5 Å². The number of nitrogen functional groups attached to an aromatic ring is 1. The topological polar surface area (TPSA) is 75.9 Å². The Morgan fingerprint density at radius 2 is 2.05 bits per heavy atom. The number of anilines is 2. The fourth-order valence-corrected chi connectivity index (χ4v) is 2.46. The summed E-state index contributed by atoms with van der Waals surface area (Å²) in [5.74, 6) is 0.187. The highest BCUT2D eigenvalue weighted by Gasteiger charge is 2.34. The summed E-state index contributed by atoms with van der Waals surface area (Å²) in [7, 11) is 0. The van der Waals surface area contributed by atoms with Crippen LogP contribution in [0.5, 0.6) is 5.75 Å². The summed E-state index contributed by atoms with van der Waals surface area (Å²) < 4.78 is 5.55. The molecular formula is C15H21N3O3. The number of carbonyl (C=O) groups is 2. The highest BCUT2D eigenvalue weighted by Crippen LogP contribution is 2.38. The van der Waals surface area contributed by atoms with Crippen LogP contribution in [0.3, 0.4) is 0 Å². The van der Waals surface area contributed by atoms with Crippen LogP contribution in [0.2, 0.25) is 0 Å². The predicted octanol–water partition coefficient (Wildman–Crippen LogP) is 1.25. The van der Waals surface area contributed by atoms with E-state index in [2.05, 4.69) is 0 Å². The summed E-state index contributed by atoms with van der Waals surface area (Å²) >= 11 is 0. The first kappa shape index (κ1) is 15.2. The van der Waals surface area contributed by atoms with Crippen molar-refractivity contribution in [3.8, 4) is 5.75 Å². The average molecular weight is 291 g/mol. The largest absolute Gasteiger partial charge is 0.479 e. The Kier molecular flexibility index (Phi) is 4.35. The molecule has 1 heterocycles. The third-order valence-corrected chi connectivity index (χ3v) is 3.63. The Labute approximate surface area is 124 Å². The van der Waals surface area contributed by atoms with Crippen molar-refractivity contribution in [3.63, 3.8) is 0 Å². The molecule has 2 N–H and O–H groups in total. The van der Waals surface area contributed by atoms with Crippen LogP contribution in [-0.2, 0) is 9.59 Å². The molecule has 0 saturated heterocycles. The summed E-state index contributed by atoms with van der Waals surface area (Å²) in [5, 5.41) is 0. The van der Waals surface area contributed by atoms with E-state index in [1.807, 2.05) is 13.8 Å². The zero-order valence-electron chi connectivity index (χ0n) is 12.6. The van der Waals surface area contributed by atoms with Crippen molar-refractivity contribution >= 4 is 23.2 Å². The van der Waals surface area contributed by atoms with Crippen molar-refractivity contribution in [1.29, 1.82) is 0 Å². The summed E-state index contributed by atoms with van der Waals surface area (Å²) in [6.07, 6.45) is -0.621. The molecule has 0 bridgehead atoms. The number of para-hydroxylation sites is 1. The number of benzene rings is 1. The molecule has 1 atom stereocenters. The number of amides is 2. The first-order chi connectivity index (χ1) is 9.99. The van der Waals surface area contributed by atoms with Crippen LogP contribution in [0.4, 0.5) is 11.4 Å². The molecule has 1 aliphatic heterocycles. The zero-order chi connectivity index (χ0) is 15.6. The molecule has 1 aromatic carbocycles. The molecule has 0 radical (unpaired) electrons. The monoisotopic (exact) mass is 291 g/mol. The van der Waals surface area contributed by atoms with Crippen LogP contribution in [0.25, 0.3) is 0 Å². The number of likely N-dealkylation sites (N-methyl/N-ethyl adjacent to an activating group) is 1. The first-order valence-corrected chi connectivity index (χ1v) is 7.13. The molecule has 1 aromatic rings. The van der Waals surface area contributed by atoms with E-state index in [0.29, 0.717) is 30.2 Å². The molecule has 2 rings (SSSR count). The van der Waals surface area contributed by atoms with Gasteiger partial charge in [-0.15, -0.1) is 0 Å². The van der Waals surface area contributed by atoms with Gasteiger partial charge in [0.25, 0.3) is 5.91 Å². The maximum absolute atomic E-state index is 12.3. The highest BCUT2D eigenvalue weighted by molar-refractivity contribution is 6.06. The Morgan fingerprint density at radius 1 is 1.38 bits per heavy atom. The van der Waals surface area contributed by atoms with Gasteiger partial charge in [0.1, 0.15) is 18.0 Å². The van der Waals surface area contributed by atoms with Crippen molar-refractivity contribution in [3.05, 3.63) is 18.2 Å². The Hall–Kier alpha value is -2.24. The van der Waals surface area contributed by atoms with E-state index < -0.39 is 6.10 Å². The van der Waals surface area contributed by atoms with Gasteiger partial charge in [0.05, 0.1) is 5.69 Å². The van der Waals surface area contributed by atoms with Gasteiger partial charge in [-0.2, -0.15) is 0 Å². The van der Waals surface area contributed by atoms with Gasteiger partial charge >= 0.3 is 0 Å². The summed E-state index contributed by atoms with van der Waals surface area (Å²) in [5.41, 5.74) is 6.88. The number of nitrogens with two attached hydrogens (primary N) is 1. The number of fused-ring (bicyclic) bond motifs is 1. The molecule has 0 aliphatic carbocycles. The van der Waals surface area contributed by atoms with E-state index in [-0.39, 0.29) is 18.4 Å². The van der Waals surface area contributed by atoms with Gasteiger partial charge in [0.2, 0.25) is 5.91 Å². The molecule has 0 saturated carbocycles. The number of rotatable bonds is 4. The SMILES string of the molecule is CCN(CC)C(=O)CN1C(=O)C(C)Oc2cccc(N)c21.